The lowest BCUT2D eigenvalue weighted by Crippen LogP contribution is -2.29. The molecule has 0 aliphatic rings. The average molecular weight is 391 g/mol. The molecular formula is C23H19F2N3O. The smallest absolute Gasteiger partial charge is 0.254 e. The van der Waals surface area contributed by atoms with Crippen LogP contribution in [0.5, 0.6) is 0 Å². The molecule has 0 aliphatic carbocycles. The maximum absolute atomic E-state index is 13.9. The van der Waals surface area contributed by atoms with Crippen molar-refractivity contribution in [1.29, 1.82) is 0 Å². The lowest BCUT2D eigenvalue weighted by molar-refractivity contribution is 0.0933. The van der Waals surface area contributed by atoms with E-state index < -0.39 is 17.8 Å². The van der Waals surface area contributed by atoms with Gasteiger partial charge < -0.3 is 9.88 Å². The monoisotopic (exact) mass is 391 g/mol. The highest BCUT2D eigenvalue weighted by Gasteiger charge is 2.20. The number of hydrogen-bond acceptors (Lipinski definition) is 2. The van der Waals surface area contributed by atoms with Crippen molar-refractivity contribution in [3.8, 4) is 0 Å². The Morgan fingerprint density at radius 3 is 2.45 bits per heavy atom. The number of nitrogens with zero attached hydrogens (tertiary/aromatic N) is 2. The number of para-hydroxylation sites is 2. The molecule has 3 aromatic carbocycles. The summed E-state index contributed by atoms with van der Waals surface area (Å²) in [6, 6.07) is 19.3. The molecular weight excluding hydrogens is 372 g/mol. The molecule has 0 saturated carbocycles. The molecule has 6 heteroatoms. The van der Waals surface area contributed by atoms with E-state index in [4.69, 9.17) is 0 Å². The molecule has 0 spiro atoms. The van der Waals surface area contributed by atoms with E-state index >= 15 is 0 Å². The largest absolute Gasteiger partial charge is 0.342 e. The molecule has 4 rings (SSSR count). The minimum atomic E-state index is -0.572. The summed E-state index contributed by atoms with van der Waals surface area (Å²) in [7, 11) is 0. The van der Waals surface area contributed by atoms with Gasteiger partial charge in [0.1, 0.15) is 17.5 Å². The van der Waals surface area contributed by atoms with Gasteiger partial charge in [0.15, 0.2) is 0 Å². The molecule has 0 radical (unpaired) electrons. The molecule has 4 nitrogen and oxygen atoms in total. The zero-order valence-corrected chi connectivity index (χ0v) is 15.8. The average Bonchev–Trinajstić information content (AvgIpc) is 3.08. The van der Waals surface area contributed by atoms with Crippen molar-refractivity contribution in [2.24, 2.45) is 0 Å². The Morgan fingerprint density at radius 1 is 1.00 bits per heavy atom. The predicted octanol–water partition coefficient (Wildman–Crippen LogP) is 4.85. The highest BCUT2D eigenvalue weighted by Crippen LogP contribution is 2.23. The third-order valence-corrected chi connectivity index (χ3v) is 4.79. The van der Waals surface area contributed by atoms with Crippen LogP contribution in [0.3, 0.4) is 0 Å². The topological polar surface area (TPSA) is 46.9 Å². The maximum Gasteiger partial charge on any atom is 0.254 e. The van der Waals surface area contributed by atoms with E-state index in [1.54, 1.807) is 25.1 Å². The third kappa shape index (κ3) is 3.87. The van der Waals surface area contributed by atoms with E-state index in [9.17, 15) is 13.6 Å². The van der Waals surface area contributed by atoms with E-state index in [0.717, 1.165) is 16.6 Å². The van der Waals surface area contributed by atoms with E-state index in [-0.39, 0.29) is 11.4 Å². The summed E-state index contributed by atoms with van der Waals surface area (Å²) in [6.45, 7) is 2.27. The molecule has 0 saturated heterocycles. The summed E-state index contributed by atoms with van der Waals surface area (Å²) in [4.78, 5) is 17.2. The van der Waals surface area contributed by atoms with Crippen molar-refractivity contribution in [1.82, 2.24) is 14.9 Å². The third-order valence-electron chi connectivity index (χ3n) is 4.79. The first-order chi connectivity index (χ1) is 14.0. The molecule has 1 N–H and O–H groups in total. The van der Waals surface area contributed by atoms with Gasteiger partial charge in [-0.1, -0.05) is 36.4 Å². The van der Waals surface area contributed by atoms with Gasteiger partial charge in [0.05, 0.1) is 22.6 Å². The predicted molar refractivity (Wildman–Crippen MR) is 108 cm³/mol. The van der Waals surface area contributed by atoms with Gasteiger partial charge in [0.2, 0.25) is 0 Å². The minimum Gasteiger partial charge on any atom is -0.342 e. The van der Waals surface area contributed by atoms with Gasteiger partial charge in [-0.2, -0.15) is 0 Å². The number of halogens is 2. The second kappa shape index (κ2) is 7.83. The fourth-order valence-corrected chi connectivity index (χ4v) is 3.35. The van der Waals surface area contributed by atoms with Crippen LogP contribution in [0.2, 0.25) is 0 Å². The second-order valence-electron chi connectivity index (χ2n) is 6.85. The van der Waals surface area contributed by atoms with Gasteiger partial charge in [-0.05, 0) is 48.9 Å². The van der Waals surface area contributed by atoms with Gasteiger partial charge in [0.25, 0.3) is 5.91 Å². The Hall–Kier alpha value is -3.54. The lowest BCUT2D eigenvalue weighted by atomic mass is 10.1. The number of amides is 1. The van der Waals surface area contributed by atoms with Gasteiger partial charge in [-0.25, -0.2) is 13.8 Å². The maximum atomic E-state index is 13.9. The van der Waals surface area contributed by atoms with Crippen molar-refractivity contribution >= 4 is 16.9 Å². The molecule has 0 bridgehead atoms. The zero-order valence-electron chi connectivity index (χ0n) is 15.8. The first-order valence-corrected chi connectivity index (χ1v) is 9.28. The molecule has 146 valence electrons. The molecule has 1 atom stereocenters. The molecule has 1 heterocycles. The van der Waals surface area contributed by atoms with E-state index in [1.165, 1.54) is 30.3 Å². The Morgan fingerprint density at radius 2 is 1.69 bits per heavy atom. The lowest BCUT2D eigenvalue weighted by Gasteiger charge is -2.17. The van der Waals surface area contributed by atoms with Crippen LogP contribution in [0, 0.1) is 11.6 Å². The molecule has 29 heavy (non-hydrogen) atoms. The number of imidazole rings is 1. The number of aromatic nitrogens is 2. The summed E-state index contributed by atoms with van der Waals surface area (Å²) < 4.78 is 29.2. The van der Waals surface area contributed by atoms with Crippen LogP contribution in [0.25, 0.3) is 11.0 Å². The minimum absolute atomic E-state index is 0.0134. The normalized spacial score (nSPS) is 12.1. The molecule has 0 fully saturated rings. The fourth-order valence-electron chi connectivity index (χ4n) is 3.35. The highest BCUT2D eigenvalue weighted by molar-refractivity contribution is 5.94. The van der Waals surface area contributed by atoms with Crippen LogP contribution in [0.1, 0.15) is 34.7 Å². The molecule has 1 aromatic heterocycles. The Kier molecular flexibility index (Phi) is 5.08. The molecule has 0 aliphatic heterocycles. The van der Waals surface area contributed by atoms with Crippen molar-refractivity contribution in [3.05, 3.63) is 101 Å². The second-order valence-corrected chi connectivity index (χ2v) is 6.85. The Balaban J connectivity index is 1.68. The van der Waals surface area contributed by atoms with E-state index in [1.807, 2.05) is 28.8 Å². The fraction of sp³-hybridized carbons (Fsp3) is 0.130. The number of carbonyl (C=O) groups is 1. The van der Waals surface area contributed by atoms with Crippen LogP contribution >= 0.6 is 0 Å². The quantitative estimate of drug-likeness (QED) is 0.528. The summed E-state index contributed by atoms with van der Waals surface area (Å²) in [6.07, 6.45) is 0. The van der Waals surface area contributed by atoms with Crippen molar-refractivity contribution < 1.29 is 13.6 Å². The van der Waals surface area contributed by atoms with Crippen molar-refractivity contribution in [2.75, 3.05) is 0 Å². The number of hydrogen-bond donors (Lipinski definition) is 1. The number of fused-ring (bicyclic) bond motifs is 1. The standard InChI is InChI=1S/C23H19F2N3O/c1-15(26-23(29)18-6-2-3-7-19(18)25)22-27-20-8-4-5-9-21(20)28(22)14-16-10-12-17(24)13-11-16/h2-13,15H,14H2,1H3,(H,26,29)/t15-/m0/s1. The number of rotatable bonds is 5. The Bertz CT molecular complexity index is 1170. The summed E-state index contributed by atoms with van der Waals surface area (Å²) in [5.41, 5.74) is 2.58. The van der Waals surface area contributed by atoms with Crippen LogP contribution in [-0.4, -0.2) is 15.5 Å². The van der Waals surface area contributed by atoms with Crippen LogP contribution in [0.4, 0.5) is 8.78 Å². The van der Waals surface area contributed by atoms with Crippen LogP contribution in [0.15, 0.2) is 72.8 Å². The molecule has 1 amide bonds. The van der Waals surface area contributed by atoms with Gasteiger partial charge >= 0.3 is 0 Å². The van der Waals surface area contributed by atoms with Crippen LogP contribution in [-0.2, 0) is 6.54 Å². The van der Waals surface area contributed by atoms with Crippen LogP contribution < -0.4 is 5.32 Å². The summed E-state index contributed by atoms with van der Waals surface area (Å²) in [5.74, 6) is -0.733. The highest BCUT2D eigenvalue weighted by atomic mass is 19.1. The first-order valence-electron chi connectivity index (χ1n) is 9.28. The Labute approximate surface area is 166 Å². The van der Waals surface area contributed by atoms with E-state index in [2.05, 4.69) is 10.3 Å². The van der Waals surface area contributed by atoms with Crippen molar-refractivity contribution in [3.63, 3.8) is 0 Å². The summed E-state index contributed by atoms with van der Waals surface area (Å²) >= 11 is 0. The SMILES string of the molecule is C[C@H](NC(=O)c1ccccc1F)c1nc2ccccc2n1Cc1ccc(F)cc1. The number of benzene rings is 3. The van der Waals surface area contributed by atoms with Gasteiger partial charge in [-0.15, -0.1) is 0 Å². The van der Waals surface area contributed by atoms with Crippen molar-refractivity contribution in [2.45, 2.75) is 19.5 Å². The molecule has 0 unspecified atom stereocenters. The summed E-state index contributed by atoms with van der Waals surface area (Å²) in [5, 5.41) is 2.83. The molecule has 4 aromatic rings. The van der Waals surface area contributed by atoms with Gasteiger partial charge in [0, 0.05) is 6.54 Å². The van der Waals surface area contributed by atoms with E-state index in [0.29, 0.717) is 12.4 Å². The number of nitrogens with one attached hydrogen (secondary N) is 1. The zero-order chi connectivity index (χ0) is 20.4. The van der Waals surface area contributed by atoms with Gasteiger partial charge in [-0.3, -0.25) is 4.79 Å². The number of carbonyl (C=O) groups excluding carboxylic acids is 1. The first kappa shape index (κ1) is 18.8.